The zero-order chi connectivity index (χ0) is 12.5. The van der Waals surface area contributed by atoms with Gasteiger partial charge in [-0.1, -0.05) is 0 Å². The van der Waals surface area contributed by atoms with E-state index in [2.05, 4.69) is 0 Å². The summed E-state index contributed by atoms with van der Waals surface area (Å²) in [6.45, 7) is 2.08. The molecule has 17 heavy (non-hydrogen) atoms. The molecular formula is C12H14F3NO. The fourth-order valence-electron chi connectivity index (χ4n) is 1.89. The van der Waals surface area contributed by atoms with E-state index in [9.17, 15) is 13.2 Å². The molecule has 2 nitrogen and oxygen atoms in total. The Morgan fingerprint density at radius 2 is 2.00 bits per heavy atom. The molecule has 0 N–H and O–H groups in total. The first-order chi connectivity index (χ1) is 8.00. The number of rotatable bonds is 3. The molecule has 0 spiro atoms. The molecule has 1 aliphatic rings. The van der Waals surface area contributed by atoms with Gasteiger partial charge in [0, 0.05) is 6.54 Å². The van der Waals surface area contributed by atoms with Crippen molar-refractivity contribution in [3.8, 4) is 5.75 Å². The molecule has 0 saturated carbocycles. The van der Waals surface area contributed by atoms with E-state index in [0.717, 1.165) is 25.6 Å². The molecule has 0 unspecified atom stereocenters. The normalized spacial score (nSPS) is 16.7. The maximum atomic E-state index is 12.8. The third-order valence-electron chi connectivity index (χ3n) is 2.96. The van der Waals surface area contributed by atoms with Gasteiger partial charge >= 0.3 is 6.18 Å². The summed E-state index contributed by atoms with van der Waals surface area (Å²) >= 11 is 0. The van der Waals surface area contributed by atoms with Crippen LogP contribution in [0.25, 0.3) is 0 Å². The Kier molecular flexibility index (Phi) is 3.28. The second-order valence-corrected chi connectivity index (χ2v) is 4.15. The van der Waals surface area contributed by atoms with Crippen LogP contribution in [0.1, 0.15) is 17.5 Å². The minimum absolute atomic E-state index is 0.288. The SMILES string of the molecule is COc1ccc(C(F)(F)F)c(CN2CCC2)c1. The summed E-state index contributed by atoms with van der Waals surface area (Å²) in [5.41, 5.74) is -0.276. The van der Waals surface area contributed by atoms with Gasteiger partial charge in [0.2, 0.25) is 0 Å². The Balaban J connectivity index is 2.29. The second-order valence-electron chi connectivity index (χ2n) is 4.15. The lowest BCUT2D eigenvalue weighted by Crippen LogP contribution is -2.36. The van der Waals surface area contributed by atoms with Crippen molar-refractivity contribution in [3.05, 3.63) is 29.3 Å². The summed E-state index contributed by atoms with van der Waals surface area (Å²) in [6.07, 6.45) is -3.24. The van der Waals surface area contributed by atoms with Gasteiger partial charge in [-0.3, -0.25) is 4.90 Å². The van der Waals surface area contributed by atoms with Gasteiger partial charge in [-0.25, -0.2) is 0 Å². The Morgan fingerprint density at radius 1 is 1.29 bits per heavy atom. The smallest absolute Gasteiger partial charge is 0.416 e. The first-order valence-electron chi connectivity index (χ1n) is 5.47. The Hall–Kier alpha value is -1.23. The molecule has 1 fully saturated rings. The Bertz CT molecular complexity index is 399. The number of ether oxygens (including phenoxy) is 1. The first kappa shape index (κ1) is 12.2. The minimum Gasteiger partial charge on any atom is -0.497 e. The second kappa shape index (κ2) is 4.56. The van der Waals surface area contributed by atoms with Gasteiger partial charge < -0.3 is 4.74 Å². The monoisotopic (exact) mass is 245 g/mol. The molecule has 1 heterocycles. The fourth-order valence-corrected chi connectivity index (χ4v) is 1.89. The van der Waals surface area contributed by atoms with Crippen LogP contribution in [0.3, 0.4) is 0 Å². The highest BCUT2D eigenvalue weighted by Gasteiger charge is 2.34. The van der Waals surface area contributed by atoms with Crippen molar-refractivity contribution < 1.29 is 17.9 Å². The number of alkyl halides is 3. The third kappa shape index (κ3) is 2.72. The van der Waals surface area contributed by atoms with E-state index in [4.69, 9.17) is 4.74 Å². The zero-order valence-corrected chi connectivity index (χ0v) is 9.55. The zero-order valence-electron chi connectivity index (χ0n) is 9.55. The van der Waals surface area contributed by atoms with Crippen LogP contribution in [-0.2, 0) is 12.7 Å². The molecule has 1 aromatic rings. The highest BCUT2D eigenvalue weighted by atomic mass is 19.4. The molecule has 0 aliphatic carbocycles. The molecule has 0 amide bonds. The number of hydrogen-bond donors (Lipinski definition) is 0. The van der Waals surface area contributed by atoms with Gasteiger partial charge in [0.05, 0.1) is 12.7 Å². The van der Waals surface area contributed by atoms with E-state index < -0.39 is 11.7 Å². The van der Waals surface area contributed by atoms with Crippen molar-refractivity contribution in [1.29, 1.82) is 0 Å². The van der Waals surface area contributed by atoms with Crippen LogP contribution in [0.2, 0.25) is 0 Å². The lowest BCUT2D eigenvalue weighted by atomic mass is 10.0. The van der Waals surface area contributed by atoms with E-state index >= 15 is 0 Å². The molecule has 94 valence electrons. The average molecular weight is 245 g/mol. The van der Waals surface area contributed by atoms with Crippen LogP contribution in [0.15, 0.2) is 18.2 Å². The Labute approximate surface area is 98.0 Å². The summed E-state index contributed by atoms with van der Waals surface area (Å²) < 4.78 is 43.4. The lowest BCUT2D eigenvalue weighted by molar-refractivity contribution is -0.138. The summed E-state index contributed by atoms with van der Waals surface area (Å²) in [5, 5.41) is 0. The number of halogens is 3. The molecule has 0 radical (unpaired) electrons. The van der Waals surface area contributed by atoms with Gasteiger partial charge in [-0.2, -0.15) is 13.2 Å². The number of benzene rings is 1. The van der Waals surface area contributed by atoms with Crippen molar-refractivity contribution in [2.45, 2.75) is 19.1 Å². The first-order valence-corrected chi connectivity index (χ1v) is 5.47. The van der Waals surface area contributed by atoms with Gasteiger partial charge in [-0.15, -0.1) is 0 Å². The fraction of sp³-hybridized carbons (Fsp3) is 0.500. The highest BCUT2D eigenvalue weighted by molar-refractivity contribution is 5.37. The van der Waals surface area contributed by atoms with Crippen LogP contribution < -0.4 is 4.74 Å². The van der Waals surface area contributed by atoms with E-state index in [1.165, 1.54) is 19.2 Å². The van der Waals surface area contributed by atoms with Crippen molar-refractivity contribution in [2.75, 3.05) is 20.2 Å². The number of nitrogens with zero attached hydrogens (tertiary/aromatic N) is 1. The predicted molar refractivity (Wildman–Crippen MR) is 57.9 cm³/mol. The molecule has 0 atom stereocenters. The third-order valence-corrected chi connectivity index (χ3v) is 2.96. The predicted octanol–water partition coefficient (Wildman–Crippen LogP) is 2.92. The molecule has 0 bridgehead atoms. The maximum absolute atomic E-state index is 12.8. The number of likely N-dealkylation sites (tertiary alicyclic amines) is 1. The molecule has 1 aromatic carbocycles. The van der Waals surface area contributed by atoms with Crippen LogP contribution in [0, 0.1) is 0 Å². The minimum atomic E-state index is -4.30. The number of methoxy groups -OCH3 is 1. The van der Waals surface area contributed by atoms with Gasteiger partial charge in [0.15, 0.2) is 0 Å². The lowest BCUT2D eigenvalue weighted by Gasteiger charge is -2.31. The van der Waals surface area contributed by atoms with Gasteiger partial charge in [0.25, 0.3) is 0 Å². The molecular weight excluding hydrogens is 231 g/mol. The summed E-state index contributed by atoms with van der Waals surface area (Å²) in [5.74, 6) is 0.466. The van der Waals surface area contributed by atoms with Crippen LogP contribution >= 0.6 is 0 Å². The van der Waals surface area contributed by atoms with Gasteiger partial charge in [0.1, 0.15) is 5.75 Å². The topological polar surface area (TPSA) is 12.5 Å². The number of hydrogen-bond acceptors (Lipinski definition) is 2. The maximum Gasteiger partial charge on any atom is 0.416 e. The average Bonchev–Trinajstić information content (AvgIpc) is 2.21. The van der Waals surface area contributed by atoms with Crippen molar-refractivity contribution in [2.24, 2.45) is 0 Å². The standard InChI is InChI=1S/C12H14F3NO/c1-17-10-3-4-11(12(13,14)15)9(7-10)8-16-5-2-6-16/h3-4,7H,2,5-6,8H2,1H3. The van der Waals surface area contributed by atoms with Crippen molar-refractivity contribution in [1.82, 2.24) is 4.90 Å². The van der Waals surface area contributed by atoms with Crippen LogP contribution in [-0.4, -0.2) is 25.1 Å². The van der Waals surface area contributed by atoms with E-state index in [0.29, 0.717) is 12.3 Å². The van der Waals surface area contributed by atoms with E-state index in [1.807, 2.05) is 4.90 Å². The summed E-state index contributed by atoms with van der Waals surface area (Å²) in [6, 6.07) is 3.91. The molecule has 1 saturated heterocycles. The van der Waals surface area contributed by atoms with Crippen molar-refractivity contribution >= 4 is 0 Å². The molecule has 1 aliphatic heterocycles. The summed E-state index contributed by atoms with van der Waals surface area (Å²) in [4.78, 5) is 1.99. The van der Waals surface area contributed by atoms with Crippen LogP contribution in [0.5, 0.6) is 5.75 Å². The quantitative estimate of drug-likeness (QED) is 0.811. The van der Waals surface area contributed by atoms with Crippen molar-refractivity contribution in [3.63, 3.8) is 0 Å². The summed E-state index contributed by atoms with van der Waals surface area (Å²) in [7, 11) is 1.45. The van der Waals surface area contributed by atoms with E-state index in [-0.39, 0.29) is 5.56 Å². The highest BCUT2D eigenvalue weighted by Crippen LogP contribution is 2.34. The van der Waals surface area contributed by atoms with Crippen LogP contribution in [0.4, 0.5) is 13.2 Å². The molecule has 0 aromatic heterocycles. The van der Waals surface area contributed by atoms with E-state index in [1.54, 1.807) is 0 Å². The largest absolute Gasteiger partial charge is 0.497 e. The Morgan fingerprint density at radius 3 is 2.47 bits per heavy atom. The molecule has 5 heteroatoms. The molecule has 2 rings (SSSR count). The van der Waals surface area contributed by atoms with Gasteiger partial charge in [-0.05, 0) is 43.3 Å².